The second-order valence-electron chi connectivity index (χ2n) is 7.18. The monoisotopic (exact) mass is 376 g/mol. The maximum absolute atomic E-state index is 6.14. The summed E-state index contributed by atoms with van der Waals surface area (Å²) in [5.41, 5.74) is 3.57. The fourth-order valence-corrected chi connectivity index (χ4v) is 4.42. The van der Waals surface area contributed by atoms with Crippen molar-refractivity contribution < 1.29 is 0 Å². The first kappa shape index (κ1) is 16.9. The zero-order valence-electron chi connectivity index (χ0n) is 14.4. The Bertz CT molecular complexity index is 819. The lowest BCUT2D eigenvalue weighted by Crippen LogP contribution is -2.43. The fourth-order valence-electron chi connectivity index (χ4n) is 4.10. The summed E-state index contributed by atoms with van der Waals surface area (Å²) in [6, 6.07) is 5.73. The lowest BCUT2D eigenvalue weighted by atomic mass is 9.68. The van der Waals surface area contributed by atoms with Gasteiger partial charge in [-0.25, -0.2) is 0 Å². The number of aryl methyl sites for hydroxylation is 1. The predicted octanol–water partition coefficient (Wildman–Crippen LogP) is 5.24. The third-order valence-electron chi connectivity index (χ3n) is 5.54. The molecule has 132 valence electrons. The molecule has 0 radical (unpaired) electrons. The Kier molecular flexibility index (Phi) is 4.50. The van der Waals surface area contributed by atoms with Crippen molar-refractivity contribution in [3.63, 3.8) is 0 Å². The molecule has 1 aromatic heterocycles. The minimum absolute atomic E-state index is 0.120. The molecule has 1 aliphatic carbocycles. The van der Waals surface area contributed by atoms with Crippen molar-refractivity contribution in [1.82, 2.24) is 9.78 Å². The van der Waals surface area contributed by atoms with E-state index in [-0.39, 0.29) is 5.41 Å². The van der Waals surface area contributed by atoms with Crippen LogP contribution in [0.3, 0.4) is 0 Å². The number of anilines is 1. The number of hydrogen-bond acceptors (Lipinski definition) is 2. The van der Waals surface area contributed by atoms with E-state index in [1.165, 1.54) is 37.8 Å². The minimum atomic E-state index is 0.120. The van der Waals surface area contributed by atoms with Crippen LogP contribution in [0.15, 0.2) is 29.4 Å². The van der Waals surface area contributed by atoms with Gasteiger partial charge in [0.15, 0.2) is 0 Å². The van der Waals surface area contributed by atoms with Crippen LogP contribution in [0.5, 0.6) is 0 Å². The second kappa shape index (κ2) is 6.65. The van der Waals surface area contributed by atoms with E-state index in [1.54, 1.807) is 0 Å². The smallest absolute Gasteiger partial charge is 0.108 e. The zero-order chi connectivity index (χ0) is 17.4. The molecule has 2 heterocycles. The molecule has 6 heteroatoms. The third-order valence-corrected chi connectivity index (χ3v) is 6.28. The van der Waals surface area contributed by atoms with Gasteiger partial charge in [-0.15, -0.1) is 0 Å². The first-order valence-electron chi connectivity index (χ1n) is 8.84. The summed E-state index contributed by atoms with van der Waals surface area (Å²) in [4.78, 5) is 4.98. The first-order chi connectivity index (χ1) is 12.1. The van der Waals surface area contributed by atoms with E-state index < -0.39 is 0 Å². The van der Waals surface area contributed by atoms with E-state index in [9.17, 15) is 0 Å². The summed E-state index contributed by atoms with van der Waals surface area (Å²) >= 11 is 12.2. The van der Waals surface area contributed by atoms with Gasteiger partial charge >= 0.3 is 0 Å². The zero-order valence-corrected chi connectivity index (χ0v) is 15.9. The van der Waals surface area contributed by atoms with E-state index in [4.69, 9.17) is 28.2 Å². The predicted molar refractivity (Wildman–Crippen MR) is 104 cm³/mol. The van der Waals surface area contributed by atoms with E-state index >= 15 is 0 Å². The molecule has 2 aliphatic rings. The molecule has 25 heavy (non-hydrogen) atoms. The van der Waals surface area contributed by atoms with Gasteiger partial charge in [-0.1, -0.05) is 48.5 Å². The Hall–Kier alpha value is -1.52. The molecule has 0 bridgehead atoms. The van der Waals surface area contributed by atoms with E-state index in [0.29, 0.717) is 16.6 Å². The van der Waals surface area contributed by atoms with Crippen LogP contribution in [-0.2, 0) is 20.0 Å². The molecule has 4 rings (SSSR count). The largest absolute Gasteiger partial charge is 0.341 e. The Morgan fingerprint density at radius 2 is 2.00 bits per heavy atom. The van der Waals surface area contributed by atoms with Crippen LogP contribution in [0, 0.1) is 5.41 Å². The highest BCUT2D eigenvalue weighted by molar-refractivity contribution is 6.42. The summed E-state index contributed by atoms with van der Waals surface area (Å²) in [5, 5.41) is 9.16. The van der Waals surface area contributed by atoms with Crippen LogP contribution < -0.4 is 5.32 Å². The summed E-state index contributed by atoms with van der Waals surface area (Å²) in [6.45, 7) is 0.608. The van der Waals surface area contributed by atoms with Gasteiger partial charge in [0.05, 0.1) is 34.2 Å². The van der Waals surface area contributed by atoms with Gasteiger partial charge in [-0.2, -0.15) is 5.10 Å². The quantitative estimate of drug-likeness (QED) is 0.777. The standard InChI is InChI=1S/C19H22Cl2N4/c1-25-17-10-19(7-3-2-4-8-19)18(24-16(17)12-23-25)22-11-13-5-6-14(20)15(21)9-13/h5-6,9,12H,2-4,7-8,10-11H2,1H3,(H,22,24). The minimum Gasteiger partial charge on any atom is -0.341 e. The fraction of sp³-hybridized carbons (Fsp3) is 0.474. The van der Waals surface area contributed by atoms with Crippen LogP contribution in [0.2, 0.25) is 10.0 Å². The van der Waals surface area contributed by atoms with E-state index in [1.807, 2.05) is 36.1 Å². The van der Waals surface area contributed by atoms with Crippen LogP contribution in [-0.4, -0.2) is 15.6 Å². The van der Waals surface area contributed by atoms with Crippen LogP contribution in [0.25, 0.3) is 0 Å². The van der Waals surface area contributed by atoms with Gasteiger partial charge in [0, 0.05) is 18.9 Å². The van der Waals surface area contributed by atoms with Crippen molar-refractivity contribution in [2.45, 2.75) is 45.1 Å². The van der Waals surface area contributed by atoms with Crippen molar-refractivity contribution in [2.24, 2.45) is 17.5 Å². The average molecular weight is 377 g/mol. The topological polar surface area (TPSA) is 42.2 Å². The summed E-state index contributed by atoms with van der Waals surface area (Å²) in [5.74, 6) is 1.11. The number of amidine groups is 1. The highest BCUT2D eigenvalue weighted by Gasteiger charge is 2.42. The van der Waals surface area contributed by atoms with Crippen molar-refractivity contribution in [3.8, 4) is 0 Å². The Morgan fingerprint density at radius 1 is 1.20 bits per heavy atom. The lowest BCUT2D eigenvalue weighted by Gasteiger charge is -2.41. The Morgan fingerprint density at radius 3 is 2.76 bits per heavy atom. The van der Waals surface area contributed by atoms with Crippen LogP contribution in [0.1, 0.15) is 43.4 Å². The summed E-state index contributed by atoms with van der Waals surface area (Å²) in [7, 11) is 2.02. The molecular formula is C19H22Cl2N4. The molecule has 1 spiro atoms. The van der Waals surface area contributed by atoms with Crippen LogP contribution >= 0.6 is 23.2 Å². The van der Waals surface area contributed by atoms with Gasteiger partial charge in [0.1, 0.15) is 5.84 Å². The van der Waals surface area contributed by atoms with Crippen molar-refractivity contribution in [1.29, 1.82) is 0 Å². The number of rotatable bonds is 2. The van der Waals surface area contributed by atoms with Gasteiger partial charge in [0.2, 0.25) is 0 Å². The number of aromatic nitrogens is 2. The van der Waals surface area contributed by atoms with Crippen molar-refractivity contribution in [3.05, 3.63) is 45.7 Å². The number of fused-ring (bicyclic) bond motifs is 1. The molecule has 2 aromatic rings. The maximum atomic E-state index is 6.14. The summed E-state index contributed by atoms with van der Waals surface area (Å²) < 4.78 is 1.99. The van der Waals surface area contributed by atoms with Gasteiger partial charge in [0.25, 0.3) is 0 Å². The second-order valence-corrected chi connectivity index (χ2v) is 8.00. The third kappa shape index (κ3) is 3.18. The van der Waals surface area contributed by atoms with Gasteiger partial charge < -0.3 is 5.32 Å². The molecule has 0 atom stereocenters. The molecule has 1 aliphatic heterocycles. The highest BCUT2D eigenvalue weighted by Crippen LogP contribution is 2.45. The molecule has 1 aromatic carbocycles. The number of halogens is 2. The average Bonchev–Trinajstić information content (AvgIpc) is 2.96. The first-order valence-corrected chi connectivity index (χ1v) is 9.60. The van der Waals surface area contributed by atoms with Crippen molar-refractivity contribution >= 4 is 34.7 Å². The van der Waals surface area contributed by atoms with Crippen LogP contribution in [0.4, 0.5) is 5.69 Å². The molecule has 1 N–H and O–H groups in total. The molecule has 4 nitrogen and oxygen atoms in total. The SMILES string of the molecule is Cn1ncc2c1CC1(CCCCC1)C(=NCc1ccc(Cl)c(Cl)c1)N2. The normalized spacial score (nSPS) is 20.5. The summed E-state index contributed by atoms with van der Waals surface area (Å²) in [6.07, 6.45) is 9.14. The van der Waals surface area contributed by atoms with E-state index in [2.05, 4.69) is 10.4 Å². The highest BCUT2D eigenvalue weighted by atomic mass is 35.5. The Balaban J connectivity index is 1.66. The molecule has 1 saturated carbocycles. The Labute approximate surface area is 158 Å². The molecular weight excluding hydrogens is 355 g/mol. The maximum Gasteiger partial charge on any atom is 0.108 e. The molecule has 1 fully saturated rings. The number of hydrogen-bond donors (Lipinski definition) is 1. The molecule has 0 saturated heterocycles. The van der Waals surface area contributed by atoms with Crippen molar-refractivity contribution in [2.75, 3.05) is 5.32 Å². The number of nitrogens with zero attached hydrogens (tertiary/aromatic N) is 3. The van der Waals surface area contributed by atoms with E-state index in [0.717, 1.165) is 23.5 Å². The molecule has 0 amide bonds. The number of aliphatic imine (C=N–C) groups is 1. The lowest BCUT2D eigenvalue weighted by molar-refractivity contribution is 0.273. The van der Waals surface area contributed by atoms with Gasteiger partial charge in [-0.3, -0.25) is 9.67 Å². The number of nitrogens with one attached hydrogen (secondary N) is 1. The molecule has 0 unspecified atom stereocenters. The van der Waals surface area contributed by atoms with Gasteiger partial charge in [-0.05, 0) is 30.5 Å². The number of benzene rings is 1.